The van der Waals surface area contributed by atoms with Gasteiger partial charge in [-0.1, -0.05) is 190 Å². The maximum atomic E-state index is 2.90. The molecule has 8 aromatic carbocycles. The van der Waals surface area contributed by atoms with Crippen molar-refractivity contribution in [1.29, 1.82) is 0 Å². The molecule has 5 heteroatoms. The summed E-state index contributed by atoms with van der Waals surface area (Å²) in [7, 11) is 0. The van der Waals surface area contributed by atoms with E-state index in [1.165, 1.54) is 176 Å². The third-order valence-electron chi connectivity index (χ3n) is 25.2. The molecule has 1 fully saturated rings. The lowest BCUT2D eigenvalue weighted by molar-refractivity contribution is 0.195. The standard InChI is InChI=1S/C84H94BN3S/c1-76(2,3)53-27-24-51(25-28-53)52-26-32-68-65(42-52)83(16)34-20-21-35-84(83,17)88(68)56-45-71-75-72(46-56)87(55-29-31-59-60(44-55)78(6,7)37-36-77(59,4)5)70-50-64-62(80(10,11)39-41-82(64,14)15)48-67(70)85(75)66-47-61-63(81(12,13)40-38-79(61,8)9)49-69(66)86(71)54-30-33-74-58(43-54)57-22-18-19-23-73(57)89-74/h18-19,22-33,42-50H,20-21,34-41H2,1-17H3. The summed E-state index contributed by atoms with van der Waals surface area (Å²) in [5, 5.41) is 2.67. The summed E-state index contributed by atoms with van der Waals surface area (Å²) in [6.45, 7) is 42.5. The molecule has 0 radical (unpaired) electrons. The molecule has 16 rings (SSSR count). The zero-order chi connectivity index (χ0) is 62.3. The van der Waals surface area contributed by atoms with Crippen LogP contribution in [0.5, 0.6) is 0 Å². The fraction of sp³-hybridized carbons (Fsp3) is 0.429. The van der Waals surface area contributed by atoms with E-state index in [0.29, 0.717) is 0 Å². The first-order valence-corrected chi connectivity index (χ1v) is 35.0. The second-order valence-corrected chi connectivity index (χ2v) is 35.5. The van der Waals surface area contributed by atoms with Gasteiger partial charge in [0.15, 0.2) is 0 Å². The van der Waals surface area contributed by atoms with Gasteiger partial charge >= 0.3 is 0 Å². The zero-order valence-corrected chi connectivity index (χ0v) is 57.5. The first kappa shape index (κ1) is 57.6. The van der Waals surface area contributed by atoms with E-state index in [1.54, 1.807) is 0 Å². The van der Waals surface area contributed by atoms with Gasteiger partial charge in [-0.2, -0.15) is 0 Å². The third kappa shape index (κ3) is 8.20. The van der Waals surface area contributed by atoms with Gasteiger partial charge in [0.05, 0.1) is 5.54 Å². The van der Waals surface area contributed by atoms with Crippen LogP contribution in [-0.4, -0.2) is 12.3 Å². The first-order chi connectivity index (χ1) is 41.9. The number of thiophene rings is 1. The Morgan fingerprint density at radius 3 is 1.43 bits per heavy atom. The molecule has 3 nitrogen and oxygen atoms in total. The topological polar surface area (TPSA) is 9.72 Å². The van der Waals surface area contributed by atoms with Crippen molar-refractivity contribution in [3.8, 4) is 11.1 Å². The van der Waals surface area contributed by atoms with Crippen molar-refractivity contribution in [3.05, 3.63) is 184 Å². The van der Waals surface area contributed by atoms with Gasteiger partial charge in [0.25, 0.3) is 6.71 Å². The minimum atomic E-state index is -0.198. The largest absolute Gasteiger partial charge is 0.334 e. The van der Waals surface area contributed by atoms with E-state index in [-0.39, 0.29) is 55.6 Å². The number of anilines is 8. The summed E-state index contributed by atoms with van der Waals surface area (Å²) < 4.78 is 2.68. The van der Waals surface area contributed by atoms with Crippen molar-refractivity contribution < 1.29 is 0 Å². The smallest absolute Gasteiger partial charge is 0.252 e. The van der Waals surface area contributed by atoms with Crippen LogP contribution < -0.4 is 31.1 Å². The van der Waals surface area contributed by atoms with Gasteiger partial charge in [-0.25, -0.2) is 0 Å². The molecule has 9 aromatic rings. The summed E-state index contributed by atoms with van der Waals surface area (Å²) in [5.74, 6) is 0. The normalized spacial score (nSPS) is 23.4. The second kappa shape index (κ2) is 18.6. The molecular weight excluding hydrogens is 1090 g/mol. The highest BCUT2D eigenvalue weighted by Gasteiger charge is 2.59. The minimum Gasteiger partial charge on any atom is -0.334 e. The van der Waals surface area contributed by atoms with Crippen LogP contribution in [0.15, 0.2) is 140 Å². The van der Waals surface area contributed by atoms with Crippen LogP contribution in [0.3, 0.4) is 0 Å². The van der Waals surface area contributed by atoms with Gasteiger partial charge in [-0.05, 0) is 241 Å². The van der Waals surface area contributed by atoms with Crippen molar-refractivity contribution in [2.24, 2.45) is 0 Å². The van der Waals surface area contributed by atoms with E-state index in [0.717, 1.165) is 25.7 Å². The van der Waals surface area contributed by atoms with Crippen LogP contribution in [0.1, 0.15) is 226 Å². The summed E-state index contributed by atoms with van der Waals surface area (Å²) in [5.41, 5.74) is 29.3. The second-order valence-electron chi connectivity index (χ2n) is 34.4. The predicted molar refractivity (Wildman–Crippen MR) is 386 cm³/mol. The molecule has 7 aliphatic rings. The van der Waals surface area contributed by atoms with Gasteiger partial charge in [-0.3, -0.25) is 0 Å². The Bertz CT molecular complexity index is 4500. The molecule has 4 heterocycles. The van der Waals surface area contributed by atoms with Crippen LogP contribution in [0.2, 0.25) is 0 Å². The molecule has 0 N–H and O–H groups in total. The lowest BCUT2D eigenvalue weighted by Gasteiger charge is -2.52. The Balaban J connectivity index is 1.04. The number of fused-ring (bicyclic) bond motifs is 13. The van der Waals surface area contributed by atoms with E-state index in [1.807, 2.05) is 11.3 Å². The molecule has 2 atom stereocenters. The number of hydrogen-bond acceptors (Lipinski definition) is 4. The van der Waals surface area contributed by atoms with Gasteiger partial charge in [-0.15, -0.1) is 11.3 Å². The molecule has 3 aliphatic heterocycles. The molecule has 454 valence electrons. The Kier molecular flexibility index (Phi) is 12.0. The monoisotopic (exact) mass is 1190 g/mol. The summed E-state index contributed by atoms with van der Waals surface area (Å²) in [6, 6.07) is 57.8. The maximum absolute atomic E-state index is 2.90. The van der Waals surface area contributed by atoms with E-state index in [4.69, 9.17) is 0 Å². The molecule has 0 saturated heterocycles. The van der Waals surface area contributed by atoms with Crippen molar-refractivity contribution >= 4 is 100 Å². The summed E-state index contributed by atoms with van der Waals surface area (Å²) in [4.78, 5) is 8.50. The Hall–Kier alpha value is -6.56. The van der Waals surface area contributed by atoms with E-state index >= 15 is 0 Å². The predicted octanol–water partition coefficient (Wildman–Crippen LogP) is 21.9. The van der Waals surface area contributed by atoms with E-state index < -0.39 is 0 Å². The zero-order valence-electron chi connectivity index (χ0n) is 56.7. The average Bonchev–Trinajstić information content (AvgIpc) is 1.62. The lowest BCUT2D eigenvalue weighted by atomic mass is 9.32. The number of nitrogens with zero attached hydrogens (tertiary/aromatic N) is 3. The number of rotatable bonds is 4. The lowest BCUT2D eigenvalue weighted by Crippen LogP contribution is -2.62. The van der Waals surface area contributed by atoms with Crippen molar-refractivity contribution in [2.45, 2.75) is 231 Å². The van der Waals surface area contributed by atoms with Crippen molar-refractivity contribution in [2.75, 3.05) is 14.7 Å². The molecular formula is C84H94BN3S. The van der Waals surface area contributed by atoms with Gasteiger partial charge in [0.1, 0.15) is 0 Å². The van der Waals surface area contributed by atoms with Crippen LogP contribution in [0, 0.1) is 0 Å². The highest BCUT2D eigenvalue weighted by atomic mass is 32.1. The first-order valence-electron chi connectivity index (χ1n) is 34.2. The van der Waals surface area contributed by atoms with Crippen molar-refractivity contribution in [3.63, 3.8) is 0 Å². The summed E-state index contributed by atoms with van der Waals surface area (Å²) in [6.07, 6.45) is 11.7. The molecule has 1 saturated carbocycles. The van der Waals surface area contributed by atoms with Gasteiger partial charge < -0.3 is 14.7 Å². The number of hydrogen-bond donors (Lipinski definition) is 0. The molecule has 0 bridgehead atoms. The molecule has 1 aromatic heterocycles. The average molecular weight is 1190 g/mol. The SMILES string of the molecule is CC(C)(C)c1ccc(-c2ccc3c(c2)C2(C)CCCCC2(C)N3c2cc3c4c(c2)N(c2ccc5sc6ccccc6c5c2)c2cc5c(cc2B4c2cc4c(cc2N3c2ccc3c(c2)C(C)(C)CCC3(C)C)C(C)(C)CCC4(C)C)C(C)(C)CCC5(C)C)cc1. The highest BCUT2D eigenvalue weighted by molar-refractivity contribution is 7.25. The third-order valence-corrected chi connectivity index (χ3v) is 26.3. The fourth-order valence-electron chi connectivity index (χ4n) is 18.8. The fourth-order valence-corrected chi connectivity index (χ4v) is 19.9. The molecule has 0 spiro atoms. The molecule has 0 amide bonds. The maximum Gasteiger partial charge on any atom is 0.252 e. The minimum absolute atomic E-state index is 0.00384. The van der Waals surface area contributed by atoms with Crippen LogP contribution in [0.4, 0.5) is 45.5 Å². The van der Waals surface area contributed by atoms with E-state index in [9.17, 15) is 0 Å². The highest BCUT2D eigenvalue weighted by Crippen LogP contribution is 2.63. The van der Waals surface area contributed by atoms with Crippen molar-refractivity contribution in [1.82, 2.24) is 0 Å². The van der Waals surface area contributed by atoms with Gasteiger partial charge in [0, 0.05) is 71.1 Å². The van der Waals surface area contributed by atoms with Crippen LogP contribution in [0.25, 0.3) is 31.3 Å². The molecule has 89 heavy (non-hydrogen) atoms. The molecule has 2 unspecified atom stereocenters. The molecule has 4 aliphatic carbocycles. The van der Waals surface area contributed by atoms with E-state index in [2.05, 4.69) is 272 Å². The van der Waals surface area contributed by atoms with Crippen LogP contribution in [-0.2, 0) is 43.3 Å². The quantitative estimate of drug-likeness (QED) is 0.163. The summed E-state index contributed by atoms with van der Waals surface area (Å²) >= 11 is 1.92. The Morgan fingerprint density at radius 2 is 0.854 bits per heavy atom. The van der Waals surface area contributed by atoms with Crippen LogP contribution >= 0.6 is 11.3 Å². The van der Waals surface area contributed by atoms with Gasteiger partial charge in [0.2, 0.25) is 0 Å². The number of benzene rings is 8. The Morgan fingerprint density at radius 1 is 0.371 bits per heavy atom. The Labute approximate surface area is 537 Å².